The zero-order valence-corrected chi connectivity index (χ0v) is 11.8. The van der Waals surface area contributed by atoms with E-state index < -0.39 is 11.5 Å². The van der Waals surface area contributed by atoms with Gasteiger partial charge < -0.3 is 5.11 Å². The number of hydrogen-bond donors (Lipinski definition) is 1. The number of aliphatic hydroxyl groups is 1. The molecule has 3 unspecified atom stereocenters. The molecule has 1 aliphatic rings. The fourth-order valence-corrected chi connectivity index (χ4v) is 3.70. The van der Waals surface area contributed by atoms with Crippen LogP contribution in [0, 0.1) is 11.3 Å². The molecule has 2 rings (SSSR count). The summed E-state index contributed by atoms with van der Waals surface area (Å²) in [6, 6.07) is 12.0. The Morgan fingerprint density at radius 2 is 2.06 bits per heavy atom. The Morgan fingerprint density at radius 1 is 1.35 bits per heavy atom. The van der Waals surface area contributed by atoms with Crippen molar-refractivity contribution < 1.29 is 5.11 Å². The molecule has 0 bridgehead atoms. The molecule has 0 heterocycles. The Hall–Kier alpha value is -0.600. The van der Waals surface area contributed by atoms with Gasteiger partial charge in [0.15, 0.2) is 0 Å². The third kappa shape index (κ3) is 2.48. The van der Waals surface area contributed by atoms with Gasteiger partial charge in [0, 0.05) is 3.92 Å². The molecule has 3 atom stereocenters. The molecular formula is C14H16INO. The average Bonchev–Trinajstić information content (AvgIpc) is 2.35. The second-order valence-electron chi connectivity index (χ2n) is 4.68. The summed E-state index contributed by atoms with van der Waals surface area (Å²) in [4.78, 5) is 0. The first-order valence-corrected chi connectivity index (χ1v) is 7.24. The number of halogens is 1. The largest absolute Gasteiger partial charge is 0.387 e. The minimum absolute atomic E-state index is 0.165. The van der Waals surface area contributed by atoms with Gasteiger partial charge in [-0.1, -0.05) is 65.8 Å². The van der Waals surface area contributed by atoms with Gasteiger partial charge in [0.25, 0.3) is 0 Å². The van der Waals surface area contributed by atoms with Crippen molar-refractivity contribution >= 4 is 22.6 Å². The summed E-state index contributed by atoms with van der Waals surface area (Å²) in [6.45, 7) is 0. The molecule has 1 aromatic rings. The normalized spacial score (nSPS) is 30.5. The van der Waals surface area contributed by atoms with E-state index >= 15 is 0 Å². The molecule has 1 fully saturated rings. The highest BCUT2D eigenvalue weighted by Gasteiger charge is 2.45. The van der Waals surface area contributed by atoms with E-state index in [-0.39, 0.29) is 3.92 Å². The molecular weight excluding hydrogens is 325 g/mol. The molecule has 0 amide bonds. The molecule has 1 saturated carbocycles. The molecule has 0 aliphatic heterocycles. The summed E-state index contributed by atoms with van der Waals surface area (Å²) >= 11 is 2.30. The van der Waals surface area contributed by atoms with Crippen molar-refractivity contribution in [1.29, 1.82) is 5.26 Å². The molecule has 1 N–H and O–H groups in total. The van der Waals surface area contributed by atoms with Gasteiger partial charge in [0.1, 0.15) is 5.92 Å². The molecule has 0 saturated heterocycles. The van der Waals surface area contributed by atoms with Crippen molar-refractivity contribution in [1.82, 2.24) is 0 Å². The standard InChI is InChI=1S/C14H16INO/c15-13-8-4-5-9-14(13,17)12(10-16)11-6-2-1-3-7-11/h1-3,6-7,12-13,17H,4-5,8-9H2. The van der Waals surface area contributed by atoms with Gasteiger partial charge in [0.05, 0.1) is 11.7 Å². The van der Waals surface area contributed by atoms with Crippen LogP contribution >= 0.6 is 22.6 Å². The number of hydrogen-bond acceptors (Lipinski definition) is 2. The van der Waals surface area contributed by atoms with E-state index in [9.17, 15) is 10.4 Å². The Kier molecular flexibility index (Phi) is 4.05. The molecule has 3 heteroatoms. The fraction of sp³-hybridized carbons (Fsp3) is 0.500. The van der Waals surface area contributed by atoms with E-state index in [1.165, 1.54) is 0 Å². The third-order valence-corrected chi connectivity index (χ3v) is 5.29. The van der Waals surface area contributed by atoms with Crippen LogP contribution in [0.3, 0.4) is 0 Å². The van der Waals surface area contributed by atoms with Crippen LogP contribution < -0.4 is 0 Å². The summed E-state index contributed by atoms with van der Waals surface area (Å²) in [5.41, 5.74) is 0.0654. The molecule has 0 radical (unpaired) electrons. The second-order valence-corrected chi connectivity index (χ2v) is 6.18. The van der Waals surface area contributed by atoms with Crippen LogP contribution in [0.1, 0.15) is 37.2 Å². The molecule has 1 aliphatic carbocycles. The minimum atomic E-state index is -0.866. The molecule has 0 aromatic heterocycles. The lowest BCUT2D eigenvalue weighted by Gasteiger charge is -2.40. The lowest BCUT2D eigenvalue weighted by Crippen LogP contribution is -2.46. The van der Waals surface area contributed by atoms with Crippen LogP contribution in [0.4, 0.5) is 0 Å². The zero-order chi connectivity index (χ0) is 12.3. The van der Waals surface area contributed by atoms with E-state index in [0.717, 1.165) is 31.2 Å². The Balaban J connectivity index is 2.33. The maximum atomic E-state index is 10.8. The quantitative estimate of drug-likeness (QED) is 0.662. The highest BCUT2D eigenvalue weighted by atomic mass is 127. The van der Waals surface area contributed by atoms with Crippen molar-refractivity contribution in [2.24, 2.45) is 0 Å². The van der Waals surface area contributed by atoms with Gasteiger partial charge in [-0.2, -0.15) is 5.26 Å². The Bertz CT molecular complexity index is 414. The third-order valence-electron chi connectivity index (χ3n) is 3.59. The van der Waals surface area contributed by atoms with E-state index in [0.29, 0.717) is 0 Å². The summed E-state index contributed by atoms with van der Waals surface area (Å²) < 4.78 is 0.165. The van der Waals surface area contributed by atoms with E-state index in [1.54, 1.807) is 0 Å². The van der Waals surface area contributed by atoms with Gasteiger partial charge >= 0.3 is 0 Å². The van der Waals surface area contributed by atoms with Crippen molar-refractivity contribution in [3.05, 3.63) is 35.9 Å². The predicted molar refractivity (Wildman–Crippen MR) is 76.0 cm³/mol. The number of alkyl halides is 1. The molecule has 1 aromatic carbocycles. The first-order valence-electron chi connectivity index (χ1n) is 5.99. The number of nitriles is 1. The van der Waals surface area contributed by atoms with Crippen LogP contribution in [-0.4, -0.2) is 14.6 Å². The zero-order valence-electron chi connectivity index (χ0n) is 9.64. The van der Waals surface area contributed by atoms with Crippen molar-refractivity contribution in [2.75, 3.05) is 0 Å². The fourth-order valence-electron chi connectivity index (χ4n) is 2.58. The van der Waals surface area contributed by atoms with Crippen molar-refractivity contribution in [3.63, 3.8) is 0 Å². The molecule has 90 valence electrons. The number of benzene rings is 1. The van der Waals surface area contributed by atoms with Crippen LogP contribution in [0.2, 0.25) is 0 Å². The smallest absolute Gasteiger partial charge is 0.101 e. The SMILES string of the molecule is N#CC(c1ccccc1)C1(O)CCCCC1I. The summed E-state index contributed by atoms with van der Waals surface area (Å²) in [5.74, 6) is -0.411. The highest BCUT2D eigenvalue weighted by molar-refractivity contribution is 14.1. The maximum Gasteiger partial charge on any atom is 0.101 e. The van der Waals surface area contributed by atoms with Crippen molar-refractivity contribution in [2.45, 2.75) is 41.1 Å². The molecule has 0 spiro atoms. The summed E-state index contributed by atoms with van der Waals surface area (Å²) in [6.07, 6.45) is 3.90. The first-order chi connectivity index (χ1) is 8.18. The number of nitrogens with zero attached hydrogens (tertiary/aromatic N) is 1. The topological polar surface area (TPSA) is 44.0 Å². The van der Waals surface area contributed by atoms with Gasteiger partial charge in [-0.15, -0.1) is 0 Å². The van der Waals surface area contributed by atoms with E-state index in [2.05, 4.69) is 28.7 Å². The average molecular weight is 341 g/mol. The molecule has 2 nitrogen and oxygen atoms in total. The summed E-state index contributed by atoms with van der Waals surface area (Å²) in [7, 11) is 0. The van der Waals surface area contributed by atoms with Gasteiger partial charge in [-0.05, 0) is 18.4 Å². The Labute approximate surface area is 116 Å². The van der Waals surface area contributed by atoms with Crippen LogP contribution in [0.5, 0.6) is 0 Å². The minimum Gasteiger partial charge on any atom is -0.387 e. The lowest BCUT2D eigenvalue weighted by atomic mass is 9.73. The first kappa shape index (κ1) is 12.8. The van der Waals surface area contributed by atoms with Crippen LogP contribution in [0.25, 0.3) is 0 Å². The Morgan fingerprint density at radius 3 is 2.65 bits per heavy atom. The summed E-state index contributed by atoms with van der Waals surface area (Å²) in [5, 5.41) is 20.2. The van der Waals surface area contributed by atoms with E-state index in [4.69, 9.17) is 0 Å². The number of rotatable bonds is 2. The lowest BCUT2D eigenvalue weighted by molar-refractivity contribution is 0.00401. The maximum absolute atomic E-state index is 10.8. The molecule has 17 heavy (non-hydrogen) atoms. The second kappa shape index (κ2) is 5.36. The van der Waals surface area contributed by atoms with Gasteiger partial charge in [-0.25, -0.2) is 0 Å². The highest BCUT2D eigenvalue weighted by Crippen LogP contribution is 2.43. The monoisotopic (exact) mass is 341 g/mol. The van der Waals surface area contributed by atoms with Crippen LogP contribution in [0.15, 0.2) is 30.3 Å². The van der Waals surface area contributed by atoms with Gasteiger partial charge in [0.2, 0.25) is 0 Å². The van der Waals surface area contributed by atoms with E-state index in [1.807, 2.05) is 30.3 Å². The van der Waals surface area contributed by atoms with Gasteiger partial charge in [-0.3, -0.25) is 0 Å². The van der Waals surface area contributed by atoms with Crippen molar-refractivity contribution in [3.8, 4) is 6.07 Å². The van der Waals surface area contributed by atoms with Crippen LogP contribution in [-0.2, 0) is 0 Å². The predicted octanol–water partition coefficient (Wildman–Crippen LogP) is 3.40.